The van der Waals surface area contributed by atoms with Gasteiger partial charge in [0.05, 0.1) is 6.42 Å². The first-order valence-corrected chi connectivity index (χ1v) is 8.82. The molecule has 130 valence electrons. The molecular formula is C19H18BrFN2O2. The van der Waals surface area contributed by atoms with E-state index in [1.807, 2.05) is 25.1 Å². The molecule has 4 nitrogen and oxygen atoms in total. The first kappa shape index (κ1) is 17.6. The van der Waals surface area contributed by atoms with E-state index < -0.39 is 0 Å². The van der Waals surface area contributed by atoms with Crippen molar-refractivity contribution in [2.75, 3.05) is 24.5 Å². The molecule has 1 aliphatic heterocycles. The molecule has 0 saturated carbocycles. The third-order valence-corrected chi connectivity index (χ3v) is 5.44. The fourth-order valence-electron chi connectivity index (χ4n) is 2.92. The fraction of sp³-hybridized carbons (Fsp3) is 0.263. The molecule has 1 aliphatic rings. The molecule has 25 heavy (non-hydrogen) atoms. The quantitative estimate of drug-likeness (QED) is 0.786. The van der Waals surface area contributed by atoms with Crippen LogP contribution in [0, 0.1) is 12.7 Å². The van der Waals surface area contributed by atoms with Gasteiger partial charge in [-0.15, -0.1) is 0 Å². The fourth-order valence-corrected chi connectivity index (χ4v) is 3.33. The van der Waals surface area contributed by atoms with Crippen LogP contribution < -0.4 is 4.90 Å². The van der Waals surface area contributed by atoms with Gasteiger partial charge < -0.3 is 9.80 Å². The molecule has 0 atom stereocenters. The number of piperazine rings is 1. The summed E-state index contributed by atoms with van der Waals surface area (Å²) in [5, 5.41) is 0. The van der Waals surface area contributed by atoms with Gasteiger partial charge in [-0.1, -0.05) is 40.2 Å². The number of nitrogens with zero attached hydrogens (tertiary/aromatic N) is 2. The van der Waals surface area contributed by atoms with Crippen molar-refractivity contribution in [1.82, 2.24) is 4.90 Å². The molecule has 1 fully saturated rings. The standard InChI is InChI=1S/C19H18BrFN2O2/c1-13-4-2-5-14(19(13)20)10-17(24)22-8-9-23(18(25)12-22)16-7-3-6-15(21)11-16/h2-7,11H,8-10,12H2,1H3. The van der Waals surface area contributed by atoms with Crippen molar-refractivity contribution in [3.8, 4) is 0 Å². The first-order chi connectivity index (χ1) is 12.0. The van der Waals surface area contributed by atoms with E-state index in [1.165, 1.54) is 17.0 Å². The molecule has 1 saturated heterocycles. The summed E-state index contributed by atoms with van der Waals surface area (Å²) in [4.78, 5) is 28.0. The lowest BCUT2D eigenvalue weighted by molar-refractivity contribution is -0.136. The summed E-state index contributed by atoms with van der Waals surface area (Å²) in [5.41, 5.74) is 2.50. The molecule has 6 heteroatoms. The first-order valence-electron chi connectivity index (χ1n) is 8.03. The van der Waals surface area contributed by atoms with E-state index >= 15 is 0 Å². The summed E-state index contributed by atoms with van der Waals surface area (Å²) in [6.45, 7) is 2.78. The number of hydrogen-bond acceptors (Lipinski definition) is 2. The highest BCUT2D eigenvalue weighted by molar-refractivity contribution is 9.10. The van der Waals surface area contributed by atoms with Crippen molar-refractivity contribution >= 4 is 33.4 Å². The molecule has 0 bridgehead atoms. The van der Waals surface area contributed by atoms with Crippen LogP contribution in [0.1, 0.15) is 11.1 Å². The molecular weight excluding hydrogens is 387 g/mol. The maximum atomic E-state index is 13.4. The highest BCUT2D eigenvalue weighted by Gasteiger charge is 2.28. The largest absolute Gasteiger partial charge is 0.331 e. The maximum Gasteiger partial charge on any atom is 0.246 e. The normalized spacial score (nSPS) is 14.8. The number of hydrogen-bond donors (Lipinski definition) is 0. The minimum atomic E-state index is -0.381. The number of rotatable bonds is 3. The van der Waals surface area contributed by atoms with E-state index in [2.05, 4.69) is 15.9 Å². The summed E-state index contributed by atoms with van der Waals surface area (Å²) < 4.78 is 14.3. The summed E-state index contributed by atoms with van der Waals surface area (Å²) >= 11 is 3.51. The predicted octanol–water partition coefficient (Wildman–Crippen LogP) is 3.31. The lowest BCUT2D eigenvalue weighted by Crippen LogP contribution is -2.52. The van der Waals surface area contributed by atoms with Crippen LogP contribution in [0.5, 0.6) is 0 Å². The average molecular weight is 405 g/mol. The molecule has 0 spiro atoms. The number of aryl methyl sites for hydroxylation is 1. The molecule has 0 aromatic heterocycles. The number of carbonyl (C=O) groups excluding carboxylic acids is 2. The Balaban J connectivity index is 1.67. The molecule has 1 heterocycles. The van der Waals surface area contributed by atoms with Crippen LogP contribution in [0.3, 0.4) is 0 Å². The Kier molecular flexibility index (Phi) is 5.18. The van der Waals surface area contributed by atoms with Gasteiger partial charge in [0.2, 0.25) is 11.8 Å². The van der Waals surface area contributed by atoms with Crippen LogP contribution in [-0.4, -0.2) is 36.3 Å². The van der Waals surface area contributed by atoms with Gasteiger partial charge in [0.1, 0.15) is 12.4 Å². The third kappa shape index (κ3) is 3.90. The highest BCUT2D eigenvalue weighted by atomic mass is 79.9. The number of carbonyl (C=O) groups is 2. The number of anilines is 1. The van der Waals surface area contributed by atoms with E-state index in [4.69, 9.17) is 0 Å². The van der Waals surface area contributed by atoms with Crippen molar-refractivity contribution in [3.63, 3.8) is 0 Å². The van der Waals surface area contributed by atoms with E-state index in [1.54, 1.807) is 17.0 Å². The van der Waals surface area contributed by atoms with Crippen molar-refractivity contribution in [2.45, 2.75) is 13.3 Å². The molecule has 2 aromatic rings. The topological polar surface area (TPSA) is 40.6 Å². The number of halogens is 2. The van der Waals surface area contributed by atoms with Gasteiger partial charge >= 0.3 is 0 Å². The van der Waals surface area contributed by atoms with Gasteiger partial charge in [-0.3, -0.25) is 9.59 Å². The smallest absolute Gasteiger partial charge is 0.246 e. The van der Waals surface area contributed by atoms with Gasteiger partial charge in [0.25, 0.3) is 0 Å². The minimum absolute atomic E-state index is 0.0127. The summed E-state index contributed by atoms with van der Waals surface area (Å²) in [7, 11) is 0. The zero-order valence-electron chi connectivity index (χ0n) is 13.8. The summed E-state index contributed by atoms with van der Waals surface area (Å²) in [6, 6.07) is 11.7. The molecule has 0 N–H and O–H groups in total. The lowest BCUT2D eigenvalue weighted by atomic mass is 10.1. The Labute approximate surface area is 154 Å². The summed E-state index contributed by atoms with van der Waals surface area (Å²) in [6.07, 6.45) is 0.246. The van der Waals surface area contributed by atoms with Crippen molar-refractivity contribution in [3.05, 3.63) is 63.9 Å². The van der Waals surface area contributed by atoms with Crippen molar-refractivity contribution < 1.29 is 14.0 Å². The van der Waals surface area contributed by atoms with Crippen LogP contribution in [0.25, 0.3) is 0 Å². The molecule has 2 aromatic carbocycles. The second-order valence-corrected chi connectivity index (χ2v) is 6.86. The molecule has 2 amide bonds. The average Bonchev–Trinajstić information content (AvgIpc) is 2.58. The van der Waals surface area contributed by atoms with Gasteiger partial charge in [0.15, 0.2) is 0 Å². The molecule has 0 unspecified atom stereocenters. The van der Waals surface area contributed by atoms with Crippen LogP contribution >= 0.6 is 15.9 Å². The molecule has 3 rings (SSSR count). The van der Waals surface area contributed by atoms with Gasteiger partial charge in [-0.25, -0.2) is 4.39 Å². The van der Waals surface area contributed by atoms with Crippen molar-refractivity contribution in [1.29, 1.82) is 0 Å². The Morgan fingerprint density at radius 3 is 2.68 bits per heavy atom. The van der Waals surface area contributed by atoms with E-state index in [9.17, 15) is 14.0 Å². The highest BCUT2D eigenvalue weighted by Crippen LogP contribution is 2.23. The van der Waals surface area contributed by atoms with Crippen molar-refractivity contribution in [2.24, 2.45) is 0 Å². The van der Waals surface area contributed by atoms with Crippen LogP contribution in [0.2, 0.25) is 0 Å². The Morgan fingerprint density at radius 2 is 1.96 bits per heavy atom. The lowest BCUT2D eigenvalue weighted by Gasteiger charge is -2.34. The zero-order chi connectivity index (χ0) is 18.0. The Morgan fingerprint density at radius 1 is 1.20 bits per heavy atom. The van der Waals surface area contributed by atoms with Crippen LogP contribution in [-0.2, 0) is 16.0 Å². The van der Waals surface area contributed by atoms with E-state index in [0.29, 0.717) is 18.8 Å². The van der Waals surface area contributed by atoms with Gasteiger partial charge in [-0.2, -0.15) is 0 Å². The Hall–Kier alpha value is -2.21. The molecule has 0 radical (unpaired) electrons. The second kappa shape index (κ2) is 7.35. The number of benzene rings is 2. The Bertz CT molecular complexity index is 825. The predicted molar refractivity (Wildman–Crippen MR) is 97.9 cm³/mol. The minimum Gasteiger partial charge on any atom is -0.331 e. The maximum absolute atomic E-state index is 13.4. The number of amides is 2. The third-order valence-electron chi connectivity index (χ3n) is 4.31. The van der Waals surface area contributed by atoms with E-state index in [0.717, 1.165) is 15.6 Å². The van der Waals surface area contributed by atoms with Gasteiger partial charge in [0, 0.05) is 23.2 Å². The summed E-state index contributed by atoms with van der Waals surface area (Å²) in [5.74, 6) is -0.667. The van der Waals surface area contributed by atoms with Crippen LogP contribution in [0.15, 0.2) is 46.9 Å². The second-order valence-electron chi connectivity index (χ2n) is 6.07. The van der Waals surface area contributed by atoms with Gasteiger partial charge in [-0.05, 0) is 36.2 Å². The van der Waals surface area contributed by atoms with Crippen LogP contribution in [0.4, 0.5) is 10.1 Å². The SMILES string of the molecule is Cc1cccc(CC(=O)N2CCN(c3cccc(F)c3)C(=O)C2)c1Br. The van der Waals surface area contributed by atoms with E-state index in [-0.39, 0.29) is 30.6 Å². The molecule has 0 aliphatic carbocycles. The zero-order valence-corrected chi connectivity index (χ0v) is 15.4. The monoisotopic (exact) mass is 404 g/mol.